The molecule has 1 N–H and O–H groups in total. The quantitative estimate of drug-likeness (QED) is 0.808. The maximum absolute atomic E-state index is 6.15. The largest absolute Gasteiger partial charge is 0.377 e. The number of anilines is 1. The highest BCUT2D eigenvalue weighted by molar-refractivity contribution is 5.64. The van der Waals surface area contributed by atoms with Gasteiger partial charge in [-0.2, -0.15) is 0 Å². The zero-order valence-electron chi connectivity index (χ0n) is 13.2. The van der Waals surface area contributed by atoms with Crippen LogP contribution in [0.2, 0.25) is 0 Å². The second kappa shape index (κ2) is 3.70. The third-order valence-corrected chi connectivity index (χ3v) is 7.65. The van der Waals surface area contributed by atoms with Gasteiger partial charge in [-0.1, -0.05) is 25.1 Å². The fourth-order valence-electron chi connectivity index (χ4n) is 6.86. The maximum Gasteiger partial charge on any atom is 0.0974 e. The number of benzene rings is 1. The summed E-state index contributed by atoms with van der Waals surface area (Å²) in [6, 6.07) is 9.72. The Balaban J connectivity index is 1.53. The Labute approximate surface area is 132 Å². The molecule has 4 heterocycles. The molecule has 3 saturated heterocycles. The highest BCUT2D eigenvalue weighted by atomic mass is 16.6. The van der Waals surface area contributed by atoms with E-state index in [1.54, 1.807) is 5.56 Å². The average molecular weight is 296 g/mol. The van der Waals surface area contributed by atoms with Crippen molar-refractivity contribution in [2.75, 3.05) is 18.4 Å². The van der Waals surface area contributed by atoms with Crippen LogP contribution in [-0.4, -0.2) is 41.8 Å². The van der Waals surface area contributed by atoms with Gasteiger partial charge in [-0.25, -0.2) is 0 Å². The molecule has 4 aliphatic heterocycles. The lowest BCUT2D eigenvalue weighted by atomic mass is 9.64. The molecular weight excluding hydrogens is 272 g/mol. The molecule has 1 aliphatic carbocycles. The zero-order valence-corrected chi connectivity index (χ0v) is 13.2. The van der Waals surface area contributed by atoms with Crippen LogP contribution < -0.4 is 5.32 Å². The van der Waals surface area contributed by atoms with E-state index in [1.165, 1.54) is 44.5 Å². The Morgan fingerprint density at radius 2 is 2.23 bits per heavy atom. The van der Waals surface area contributed by atoms with Gasteiger partial charge < -0.3 is 10.1 Å². The molecule has 4 fully saturated rings. The van der Waals surface area contributed by atoms with Crippen LogP contribution in [0.15, 0.2) is 24.3 Å². The monoisotopic (exact) mass is 296 g/mol. The molecule has 3 heteroatoms. The molecule has 1 spiro atoms. The summed E-state index contributed by atoms with van der Waals surface area (Å²) in [6.07, 6.45) is 6.30. The van der Waals surface area contributed by atoms with Gasteiger partial charge in [0.05, 0.1) is 17.7 Å². The first-order valence-electron chi connectivity index (χ1n) is 9.05. The number of nitrogens with one attached hydrogen (secondary N) is 1. The van der Waals surface area contributed by atoms with E-state index in [-0.39, 0.29) is 5.54 Å². The fourth-order valence-corrected chi connectivity index (χ4v) is 6.86. The standard InChI is InChI=1S/C19H24N2O/c1-2-18-8-9-19-13(12-5-3-4-6-14(12)20-19)7-10-21(17(18)19)11-15-16(18)22-15/h3-6,13,15-17,20H,2,7-11H2,1H3. The molecule has 6 unspecified atom stereocenters. The highest BCUT2D eigenvalue weighted by Crippen LogP contribution is 2.67. The molecule has 0 bridgehead atoms. The lowest BCUT2D eigenvalue weighted by Gasteiger charge is -2.55. The third-order valence-electron chi connectivity index (χ3n) is 7.65. The molecule has 22 heavy (non-hydrogen) atoms. The van der Waals surface area contributed by atoms with Gasteiger partial charge in [0.25, 0.3) is 0 Å². The molecule has 5 aliphatic rings. The van der Waals surface area contributed by atoms with Crippen LogP contribution >= 0.6 is 0 Å². The number of nitrogens with zero attached hydrogens (tertiary/aromatic N) is 1. The SMILES string of the molecule is CCC12CCC34Nc5ccccc5C3CCN(CC3OC31)C24. The lowest BCUT2D eigenvalue weighted by Crippen LogP contribution is -2.67. The number of hydrogen-bond donors (Lipinski definition) is 1. The van der Waals surface area contributed by atoms with Crippen LogP contribution in [-0.2, 0) is 4.74 Å². The van der Waals surface area contributed by atoms with E-state index < -0.39 is 0 Å². The first-order valence-corrected chi connectivity index (χ1v) is 9.05. The van der Waals surface area contributed by atoms with Gasteiger partial charge in [-0.05, 0) is 43.9 Å². The molecule has 0 aromatic heterocycles. The molecule has 6 atom stereocenters. The smallest absolute Gasteiger partial charge is 0.0974 e. The molecule has 3 nitrogen and oxygen atoms in total. The van der Waals surface area contributed by atoms with Gasteiger partial charge >= 0.3 is 0 Å². The Morgan fingerprint density at radius 1 is 1.32 bits per heavy atom. The van der Waals surface area contributed by atoms with Gasteiger partial charge in [0.15, 0.2) is 0 Å². The normalized spacial score (nSPS) is 50.6. The van der Waals surface area contributed by atoms with Crippen LogP contribution in [0.4, 0.5) is 5.69 Å². The Hall–Kier alpha value is -1.06. The minimum atomic E-state index is 0.273. The highest BCUT2D eigenvalue weighted by Gasteiger charge is 2.73. The summed E-state index contributed by atoms with van der Waals surface area (Å²) in [4.78, 5) is 2.79. The van der Waals surface area contributed by atoms with E-state index in [0.29, 0.717) is 29.6 Å². The summed E-state index contributed by atoms with van der Waals surface area (Å²) in [5, 5.41) is 4.04. The summed E-state index contributed by atoms with van der Waals surface area (Å²) >= 11 is 0. The van der Waals surface area contributed by atoms with Crippen LogP contribution in [0.3, 0.4) is 0 Å². The predicted molar refractivity (Wildman–Crippen MR) is 86.1 cm³/mol. The second-order valence-corrected chi connectivity index (χ2v) is 8.17. The first kappa shape index (κ1) is 12.4. The van der Waals surface area contributed by atoms with Crippen molar-refractivity contribution in [3.63, 3.8) is 0 Å². The Bertz CT molecular complexity index is 661. The van der Waals surface area contributed by atoms with Crippen molar-refractivity contribution < 1.29 is 4.74 Å². The minimum absolute atomic E-state index is 0.273. The number of rotatable bonds is 1. The molecule has 116 valence electrons. The molecule has 0 amide bonds. The molecule has 1 saturated carbocycles. The summed E-state index contributed by atoms with van der Waals surface area (Å²) in [5.74, 6) is 0.702. The molecule has 0 radical (unpaired) electrons. The minimum Gasteiger partial charge on any atom is -0.377 e. The maximum atomic E-state index is 6.15. The van der Waals surface area contributed by atoms with Crippen molar-refractivity contribution in [2.24, 2.45) is 5.41 Å². The van der Waals surface area contributed by atoms with Crippen molar-refractivity contribution >= 4 is 5.69 Å². The van der Waals surface area contributed by atoms with Crippen LogP contribution in [0.1, 0.15) is 44.1 Å². The lowest BCUT2D eigenvalue weighted by molar-refractivity contribution is -0.00559. The number of fused-ring (bicyclic) bond motifs is 4. The van der Waals surface area contributed by atoms with Gasteiger partial charge in [0, 0.05) is 29.6 Å². The van der Waals surface area contributed by atoms with Crippen LogP contribution in [0.25, 0.3) is 0 Å². The molecular formula is C19H24N2O. The molecule has 6 rings (SSSR count). The topological polar surface area (TPSA) is 27.8 Å². The van der Waals surface area contributed by atoms with Crippen molar-refractivity contribution in [3.05, 3.63) is 29.8 Å². The van der Waals surface area contributed by atoms with Gasteiger partial charge in [0.1, 0.15) is 0 Å². The van der Waals surface area contributed by atoms with Crippen molar-refractivity contribution in [1.82, 2.24) is 4.90 Å². The van der Waals surface area contributed by atoms with Gasteiger partial charge in [0.2, 0.25) is 0 Å². The first-order chi connectivity index (χ1) is 10.8. The number of piperidine rings is 2. The number of hydrogen-bond acceptors (Lipinski definition) is 3. The van der Waals surface area contributed by atoms with Crippen LogP contribution in [0, 0.1) is 5.41 Å². The van der Waals surface area contributed by atoms with Gasteiger partial charge in [-0.15, -0.1) is 0 Å². The third kappa shape index (κ3) is 1.18. The summed E-state index contributed by atoms with van der Waals surface area (Å²) in [6.45, 7) is 4.82. The van der Waals surface area contributed by atoms with E-state index >= 15 is 0 Å². The molecule has 1 aromatic rings. The van der Waals surface area contributed by atoms with E-state index in [1.807, 2.05) is 0 Å². The van der Waals surface area contributed by atoms with E-state index in [4.69, 9.17) is 4.74 Å². The summed E-state index contributed by atoms with van der Waals surface area (Å²) in [7, 11) is 0. The van der Waals surface area contributed by atoms with E-state index in [2.05, 4.69) is 41.4 Å². The predicted octanol–water partition coefficient (Wildman–Crippen LogP) is 2.98. The number of ether oxygens (including phenoxy) is 1. The van der Waals surface area contributed by atoms with Crippen LogP contribution in [0.5, 0.6) is 0 Å². The zero-order chi connectivity index (χ0) is 14.5. The molecule has 1 aromatic carbocycles. The fraction of sp³-hybridized carbons (Fsp3) is 0.684. The Kier molecular flexibility index (Phi) is 2.08. The average Bonchev–Trinajstić information content (AvgIpc) is 3.14. The second-order valence-electron chi connectivity index (χ2n) is 8.17. The summed E-state index contributed by atoms with van der Waals surface area (Å²) < 4.78 is 6.15. The van der Waals surface area contributed by atoms with Crippen molar-refractivity contribution in [2.45, 2.75) is 62.3 Å². The number of epoxide rings is 1. The van der Waals surface area contributed by atoms with Crippen molar-refractivity contribution in [3.8, 4) is 0 Å². The Morgan fingerprint density at radius 3 is 3.14 bits per heavy atom. The number of para-hydroxylation sites is 1. The van der Waals surface area contributed by atoms with E-state index in [9.17, 15) is 0 Å². The van der Waals surface area contributed by atoms with Gasteiger partial charge in [-0.3, -0.25) is 4.90 Å². The summed E-state index contributed by atoms with van der Waals surface area (Å²) in [5.41, 5.74) is 3.65. The van der Waals surface area contributed by atoms with Crippen molar-refractivity contribution in [1.29, 1.82) is 0 Å². The van der Waals surface area contributed by atoms with E-state index in [0.717, 1.165) is 0 Å².